The number of hydrogen-bond donors (Lipinski definition) is 1. The highest BCUT2D eigenvalue weighted by molar-refractivity contribution is 5.86. The topological polar surface area (TPSA) is 64.6 Å². The highest BCUT2D eigenvalue weighted by atomic mass is 16.6. The monoisotopic (exact) mass is 311 g/mol. The van der Waals surface area contributed by atoms with Gasteiger partial charge in [-0.1, -0.05) is 33.8 Å². The zero-order chi connectivity index (χ0) is 16.7. The number of nitrogens with one attached hydrogen (secondary N) is 1. The predicted molar refractivity (Wildman–Crippen MR) is 85.3 cm³/mol. The summed E-state index contributed by atoms with van der Waals surface area (Å²) in [5.41, 5.74) is 0.345. The number of ether oxygens (including phenoxy) is 2. The van der Waals surface area contributed by atoms with E-state index >= 15 is 0 Å². The van der Waals surface area contributed by atoms with Gasteiger partial charge in [0, 0.05) is 5.57 Å². The van der Waals surface area contributed by atoms with E-state index in [0.717, 1.165) is 12.3 Å². The lowest BCUT2D eigenvalue weighted by Gasteiger charge is -2.38. The fourth-order valence-corrected chi connectivity index (χ4v) is 2.84. The van der Waals surface area contributed by atoms with Crippen LogP contribution in [0.15, 0.2) is 12.2 Å². The minimum Gasteiger partial charge on any atom is -0.460 e. The van der Waals surface area contributed by atoms with Crippen LogP contribution < -0.4 is 5.32 Å². The third-order valence-electron chi connectivity index (χ3n) is 4.84. The van der Waals surface area contributed by atoms with E-state index < -0.39 is 12.1 Å². The molecule has 0 heterocycles. The molecule has 5 heteroatoms. The predicted octanol–water partition coefficient (Wildman–Crippen LogP) is 3.15. The van der Waals surface area contributed by atoms with Crippen LogP contribution in [0.2, 0.25) is 0 Å². The maximum absolute atomic E-state index is 11.6. The van der Waals surface area contributed by atoms with Crippen LogP contribution in [0.1, 0.15) is 40.5 Å². The molecular weight excluding hydrogens is 282 g/mol. The van der Waals surface area contributed by atoms with Crippen molar-refractivity contribution in [2.45, 2.75) is 40.5 Å². The third-order valence-corrected chi connectivity index (χ3v) is 4.84. The van der Waals surface area contributed by atoms with Crippen LogP contribution in [0.25, 0.3) is 0 Å². The number of hydrogen-bond acceptors (Lipinski definition) is 4. The Kier molecular flexibility index (Phi) is 7.42. The first-order valence-corrected chi connectivity index (χ1v) is 8.06. The molecule has 1 fully saturated rings. The minimum atomic E-state index is -0.454. The van der Waals surface area contributed by atoms with Crippen molar-refractivity contribution in [1.29, 1.82) is 0 Å². The number of esters is 1. The molecule has 0 spiro atoms. The fraction of sp³-hybridized carbons (Fsp3) is 0.765. The molecule has 1 rings (SSSR count). The number of carbonyl (C=O) groups excluding carboxylic acids is 2. The van der Waals surface area contributed by atoms with Crippen LogP contribution >= 0.6 is 0 Å². The first-order chi connectivity index (χ1) is 10.3. The van der Waals surface area contributed by atoms with Crippen molar-refractivity contribution >= 4 is 12.1 Å². The Hall–Kier alpha value is -1.52. The van der Waals surface area contributed by atoms with E-state index in [-0.39, 0.29) is 13.2 Å². The van der Waals surface area contributed by atoms with Crippen molar-refractivity contribution in [2.75, 3.05) is 19.8 Å². The summed E-state index contributed by atoms with van der Waals surface area (Å²) in [5, 5.41) is 2.58. The third kappa shape index (κ3) is 5.70. The molecule has 1 amide bonds. The van der Waals surface area contributed by atoms with Crippen LogP contribution in [-0.4, -0.2) is 31.8 Å². The molecule has 22 heavy (non-hydrogen) atoms. The Balaban J connectivity index is 2.18. The van der Waals surface area contributed by atoms with Gasteiger partial charge in [0.2, 0.25) is 0 Å². The van der Waals surface area contributed by atoms with Crippen LogP contribution in [0.4, 0.5) is 4.79 Å². The van der Waals surface area contributed by atoms with Gasteiger partial charge in [-0.15, -0.1) is 0 Å². The highest BCUT2D eigenvalue weighted by Gasteiger charge is 2.32. The largest absolute Gasteiger partial charge is 0.460 e. The summed E-state index contributed by atoms with van der Waals surface area (Å²) in [6.07, 6.45) is 1.85. The first-order valence-electron chi connectivity index (χ1n) is 8.06. The zero-order valence-electron chi connectivity index (χ0n) is 14.2. The maximum atomic E-state index is 11.6. The zero-order valence-corrected chi connectivity index (χ0v) is 14.2. The fourth-order valence-electron chi connectivity index (χ4n) is 2.84. The standard InChI is InChI=1S/C17H29NO4/c1-11(2)16(19)21-9-8-18-17(20)22-10-15-7-6-12(3)13(4)14(15)5/h12-15H,1,6-10H2,2-5H3,(H,18,20). The van der Waals surface area contributed by atoms with Gasteiger partial charge in [-0.05, 0) is 37.0 Å². The Labute approximate surface area is 133 Å². The van der Waals surface area contributed by atoms with Crippen LogP contribution in [0.3, 0.4) is 0 Å². The number of rotatable bonds is 6. The van der Waals surface area contributed by atoms with Gasteiger partial charge in [0.15, 0.2) is 0 Å². The van der Waals surface area contributed by atoms with Crippen molar-refractivity contribution in [3.05, 3.63) is 12.2 Å². The number of carbonyl (C=O) groups is 2. The molecule has 0 aromatic heterocycles. The first kappa shape index (κ1) is 18.5. The Morgan fingerprint density at radius 1 is 1.14 bits per heavy atom. The summed E-state index contributed by atoms with van der Waals surface area (Å²) in [5.74, 6) is 1.94. The summed E-state index contributed by atoms with van der Waals surface area (Å²) in [4.78, 5) is 22.8. The molecule has 126 valence electrons. The summed E-state index contributed by atoms with van der Waals surface area (Å²) in [6, 6.07) is 0. The average Bonchev–Trinajstić information content (AvgIpc) is 2.48. The second-order valence-corrected chi connectivity index (χ2v) is 6.47. The molecule has 1 aliphatic rings. The lowest BCUT2D eigenvalue weighted by molar-refractivity contribution is -0.138. The smallest absolute Gasteiger partial charge is 0.407 e. The van der Waals surface area contributed by atoms with Crippen molar-refractivity contribution in [3.8, 4) is 0 Å². The van der Waals surface area contributed by atoms with Gasteiger partial charge in [0.1, 0.15) is 6.61 Å². The number of alkyl carbamates (subject to hydrolysis) is 1. The van der Waals surface area contributed by atoms with Crippen molar-refractivity contribution in [1.82, 2.24) is 5.32 Å². The van der Waals surface area contributed by atoms with Crippen LogP contribution in [0, 0.1) is 23.7 Å². The molecule has 0 radical (unpaired) electrons. The molecular formula is C17H29NO4. The summed E-state index contributed by atoms with van der Waals surface area (Å²) >= 11 is 0. The van der Waals surface area contributed by atoms with Gasteiger partial charge >= 0.3 is 12.1 Å². The lowest BCUT2D eigenvalue weighted by Crippen LogP contribution is -2.35. The highest BCUT2D eigenvalue weighted by Crippen LogP contribution is 2.38. The van der Waals surface area contributed by atoms with E-state index in [1.54, 1.807) is 6.92 Å². The normalized spacial score (nSPS) is 27.8. The van der Waals surface area contributed by atoms with E-state index in [1.165, 1.54) is 6.42 Å². The second-order valence-electron chi connectivity index (χ2n) is 6.47. The molecule has 1 N–H and O–H groups in total. The molecule has 5 nitrogen and oxygen atoms in total. The Bertz CT molecular complexity index is 407. The second kappa shape index (κ2) is 8.81. The van der Waals surface area contributed by atoms with Crippen molar-refractivity contribution in [2.24, 2.45) is 23.7 Å². The van der Waals surface area contributed by atoms with E-state index in [4.69, 9.17) is 9.47 Å². The van der Waals surface area contributed by atoms with Crippen molar-refractivity contribution in [3.63, 3.8) is 0 Å². The Morgan fingerprint density at radius 2 is 1.82 bits per heavy atom. The van der Waals surface area contributed by atoms with E-state index in [0.29, 0.717) is 29.9 Å². The van der Waals surface area contributed by atoms with Gasteiger partial charge in [-0.2, -0.15) is 0 Å². The quantitative estimate of drug-likeness (QED) is 0.465. The minimum absolute atomic E-state index is 0.120. The van der Waals surface area contributed by atoms with Gasteiger partial charge < -0.3 is 14.8 Å². The van der Waals surface area contributed by atoms with E-state index in [1.807, 2.05) is 0 Å². The number of amides is 1. The molecule has 4 unspecified atom stereocenters. The van der Waals surface area contributed by atoms with Gasteiger partial charge in [-0.25, -0.2) is 9.59 Å². The van der Waals surface area contributed by atoms with E-state index in [2.05, 4.69) is 32.7 Å². The summed E-state index contributed by atoms with van der Waals surface area (Å²) in [6.45, 7) is 12.7. The average molecular weight is 311 g/mol. The maximum Gasteiger partial charge on any atom is 0.407 e. The molecule has 0 saturated heterocycles. The van der Waals surface area contributed by atoms with E-state index in [9.17, 15) is 9.59 Å². The molecule has 0 aromatic rings. The molecule has 0 aromatic carbocycles. The molecule has 0 aliphatic heterocycles. The Morgan fingerprint density at radius 3 is 2.45 bits per heavy atom. The van der Waals surface area contributed by atoms with Crippen molar-refractivity contribution < 1.29 is 19.1 Å². The molecule has 1 saturated carbocycles. The van der Waals surface area contributed by atoms with Crippen LogP contribution in [-0.2, 0) is 14.3 Å². The SMILES string of the molecule is C=C(C)C(=O)OCCNC(=O)OCC1CCC(C)C(C)C1C. The van der Waals surface area contributed by atoms with Gasteiger partial charge in [0.05, 0.1) is 13.2 Å². The van der Waals surface area contributed by atoms with Gasteiger partial charge in [-0.3, -0.25) is 0 Å². The molecule has 0 bridgehead atoms. The molecule has 4 atom stereocenters. The van der Waals surface area contributed by atoms with Crippen LogP contribution in [0.5, 0.6) is 0 Å². The molecule has 1 aliphatic carbocycles. The summed E-state index contributed by atoms with van der Waals surface area (Å²) in [7, 11) is 0. The van der Waals surface area contributed by atoms with Gasteiger partial charge in [0.25, 0.3) is 0 Å². The summed E-state index contributed by atoms with van der Waals surface area (Å²) < 4.78 is 10.2. The lowest BCUT2D eigenvalue weighted by atomic mass is 9.69.